The van der Waals surface area contributed by atoms with E-state index in [1.807, 2.05) is 18.2 Å². The second kappa shape index (κ2) is 3.12. The van der Waals surface area contributed by atoms with Crippen molar-refractivity contribution in [3.63, 3.8) is 0 Å². The van der Waals surface area contributed by atoms with Gasteiger partial charge < -0.3 is 11.1 Å². The van der Waals surface area contributed by atoms with Gasteiger partial charge in [0.25, 0.3) is 0 Å². The van der Waals surface area contributed by atoms with E-state index in [0.717, 1.165) is 22.3 Å². The van der Waals surface area contributed by atoms with E-state index >= 15 is 0 Å². The molecule has 3 nitrogen and oxygen atoms in total. The van der Waals surface area contributed by atoms with E-state index < -0.39 is 0 Å². The first-order valence-electron chi connectivity index (χ1n) is 5.24. The SMILES string of the molecule is Nc1cnc2ccccc2c1NC1CC1. The molecule has 0 radical (unpaired) electrons. The number of nitrogen functional groups attached to an aromatic ring is 1. The van der Waals surface area contributed by atoms with Crippen LogP contribution in [0.2, 0.25) is 0 Å². The van der Waals surface area contributed by atoms with E-state index in [-0.39, 0.29) is 0 Å². The molecule has 76 valence electrons. The molecule has 1 aliphatic carbocycles. The second-order valence-corrected chi connectivity index (χ2v) is 4.02. The maximum absolute atomic E-state index is 5.94. The molecule has 1 aliphatic rings. The molecule has 15 heavy (non-hydrogen) atoms. The average molecular weight is 199 g/mol. The van der Waals surface area contributed by atoms with E-state index in [1.165, 1.54) is 12.8 Å². The zero-order valence-corrected chi connectivity index (χ0v) is 8.40. The van der Waals surface area contributed by atoms with E-state index in [0.29, 0.717) is 6.04 Å². The van der Waals surface area contributed by atoms with Crippen LogP contribution in [0.4, 0.5) is 11.4 Å². The predicted octanol–water partition coefficient (Wildman–Crippen LogP) is 2.39. The van der Waals surface area contributed by atoms with Gasteiger partial charge in [-0.25, -0.2) is 0 Å². The standard InChI is InChI=1S/C12H13N3/c13-10-7-14-11-4-2-1-3-9(11)12(10)15-8-5-6-8/h1-4,7-8H,5-6,13H2,(H,14,15). The highest BCUT2D eigenvalue weighted by molar-refractivity contribution is 5.97. The third kappa shape index (κ3) is 1.50. The minimum Gasteiger partial charge on any atom is -0.396 e. The summed E-state index contributed by atoms with van der Waals surface area (Å²) in [5.74, 6) is 0. The Morgan fingerprint density at radius 2 is 2.07 bits per heavy atom. The third-order valence-electron chi connectivity index (χ3n) is 2.73. The highest BCUT2D eigenvalue weighted by Crippen LogP contribution is 2.32. The van der Waals surface area contributed by atoms with Crippen LogP contribution in [0, 0.1) is 0 Å². The van der Waals surface area contributed by atoms with Gasteiger partial charge in [0.15, 0.2) is 0 Å². The minimum atomic E-state index is 0.609. The molecule has 0 amide bonds. The van der Waals surface area contributed by atoms with Gasteiger partial charge in [-0.2, -0.15) is 0 Å². The summed E-state index contributed by atoms with van der Waals surface area (Å²) in [6.45, 7) is 0. The first-order valence-corrected chi connectivity index (χ1v) is 5.24. The molecule has 1 fully saturated rings. The van der Waals surface area contributed by atoms with Crippen molar-refractivity contribution in [1.29, 1.82) is 0 Å². The first-order chi connectivity index (χ1) is 7.34. The van der Waals surface area contributed by atoms with Gasteiger partial charge in [-0.15, -0.1) is 0 Å². The van der Waals surface area contributed by atoms with Crippen LogP contribution < -0.4 is 11.1 Å². The van der Waals surface area contributed by atoms with Gasteiger partial charge in [-0.3, -0.25) is 4.98 Å². The van der Waals surface area contributed by atoms with Crippen LogP contribution in [-0.4, -0.2) is 11.0 Å². The van der Waals surface area contributed by atoms with Crippen LogP contribution in [0.25, 0.3) is 10.9 Å². The maximum atomic E-state index is 5.94. The highest BCUT2D eigenvalue weighted by atomic mass is 15.0. The molecule has 0 unspecified atom stereocenters. The van der Waals surface area contributed by atoms with Crippen LogP contribution in [0.15, 0.2) is 30.5 Å². The number of hydrogen-bond donors (Lipinski definition) is 2. The first kappa shape index (κ1) is 8.53. The third-order valence-corrected chi connectivity index (χ3v) is 2.73. The lowest BCUT2D eigenvalue weighted by molar-refractivity contribution is 1.16. The molecular formula is C12H13N3. The van der Waals surface area contributed by atoms with Crippen molar-refractivity contribution in [1.82, 2.24) is 4.98 Å². The van der Waals surface area contributed by atoms with E-state index in [2.05, 4.69) is 16.4 Å². The maximum Gasteiger partial charge on any atom is 0.0743 e. The van der Waals surface area contributed by atoms with Crippen molar-refractivity contribution < 1.29 is 0 Å². The van der Waals surface area contributed by atoms with Crippen molar-refractivity contribution in [2.24, 2.45) is 0 Å². The number of benzene rings is 1. The van der Waals surface area contributed by atoms with Crippen molar-refractivity contribution in [3.05, 3.63) is 30.5 Å². The van der Waals surface area contributed by atoms with Gasteiger partial charge >= 0.3 is 0 Å². The zero-order valence-electron chi connectivity index (χ0n) is 8.40. The van der Waals surface area contributed by atoms with Crippen LogP contribution in [0.1, 0.15) is 12.8 Å². The number of hydrogen-bond acceptors (Lipinski definition) is 3. The van der Waals surface area contributed by atoms with Crippen LogP contribution >= 0.6 is 0 Å². The molecule has 0 atom stereocenters. The lowest BCUT2D eigenvalue weighted by Gasteiger charge is -2.10. The molecule has 0 spiro atoms. The number of aromatic nitrogens is 1. The number of nitrogens with one attached hydrogen (secondary N) is 1. The fraction of sp³-hybridized carbons (Fsp3) is 0.250. The van der Waals surface area contributed by atoms with Crippen molar-refractivity contribution in [2.75, 3.05) is 11.1 Å². The second-order valence-electron chi connectivity index (χ2n) is 4.02. The number of nitrogens with two attached hydrogens (primary N) is 1. The van der Waals surface area contributed by atoms with Gasteiger partial charge in [0.2, 0.25) is 0 Å². The monoisotopic (exact) mass is 199 g/mol. The minimum absolute atomic E-state index is 0.609. The van der Waals surface area contributed by atoms with Gasteiger partial charge in [-0.05, 0) is 18.9 Å². The predicted molar refractivity (Wildman–Crippen MR) is 62.8 cm³/mol. The Bertz CT molecular complexity index is 503. The molecule has 3 N–H and O–H groups in total. The molecule has 0 saturated heterocycles. The number of para-hydroxylation sites is 1. The smallest absolute Gasteiger partial charge is 0.0743 e. The molecule has 3 rings (SSSR count). The van der Waals surface area contributed by atoms with Gasteiger partial charge in [0, 0.05) is 11.4 Å². The Labute approximate surface area is 88.3 Å². The van der Waals surface area contributed by atoms with Crippen LogP contribution in [0.3, 0.4) is 0 Å². The number of pyridine rings is 1. The number of nitrogens with zero attached hydrogens (tertiary/aromatic N) is 1. The lowest BCUT2D eigenvalue weighted by atomic mass is 10.1. The van der Waals surface area contributed by atoms with Crippen molar-refractivity contribution in [2.45, 2.75) is 18.9 Å². The fourth-order valence-electron chi connectivity index (χ4n) is 1.75. The normalized spacial score (nSPS) is 15.5. The van der Waals surface area contributed by atoms with Gasteiger partial charge in [0.05, 0.1) is 23.1 Å². The summed E-state index contributed by atoms with van der Waals surface area (Å²) < 4.78 is 0. The fourth-order valence-corrected chi connectivity index (χ4v) is 1.75. The Kier molecular flexibility index (Phi) is 1.78. The molecule has 0 bridgehead atoms. The summed E-state index contributed by atoms with van der Waals surface area (Å²) in [6.07, 6.45) is 4.22. The molecule has 1 aromatic heterocycles. The molecule has 3 heteroatoms. The average Bonchev–Trinajstić information content (AvgIpc) is 3.06. The number of anilines is 2. The lowest BCUT2D eigenvalue weighted by Crippen LogP contribution is -2.05. The van der Waals surface area contributed by atoms with Crippen LogP contribution in [-0.2, 0) is 0 Å². The van der Waals surface area contributed by atoms with Crippen molar-refractivity contribution in [3.8, 4) is 0 Å². The number of rotatable bonds is 2. The molecule has 1 heterocycles. The summed E-state index contributed by atoms with van der Waals surface area (Å²) in [5, 5.41) is 4.58. The summed E-state index contributed by atoms with van der Waals surface area (Å²) in [4.78, 5) is 4.30. The zero-order chi connectivity index (χ0) is 10.3. The summed E-state index contributed by atoms with van der Waals surface area (Å²) in [6, 6.07) is 8.68. The van der Waals surface area contributed by atoms with Gasteiger partial charge in [0.1, 0.15) is 0 Å². The summed E-state index contributed by atoms with van der Waals surface area (Å²) in [7, 11) is 0. The Hall–Kier alpha value is -1.77. The molecular weight excluding hydrogens is 186 g/mol. The van der Waals surface area contributed by atoms with E-state index in [9.17, 15) is 0 Å². The quantitative estimate of drug-likeness (QED) is 0.780. The largest absolute Gasteiger partial charge is 0.396 e. The van der Waals surface area contributed by atoms with Crippen LogP contribution in [0.5, 0.6) is 0 Å². The highest BCUT2D eigenvalue weighted by Gasteiger charge is 2.22. The topological polar surface area (TPSA) is 50.9 Å². The molecule has 0 aliphatic heterocycles. The van der Waals surface area contributed by atoms with E-state index in [1.54, 1.807) is 6.20 Å². The molecule has 2 aromatic rings. The Morgan fingerprint density at radius 1 is 1.27 bits per heavy atom. The Balaban J connectivity index is 2.18. The summed E-state index contributed by atoms with van der Waals surface area (Å²) >= 11 is 0. The number of fused-ring (bicyclic) bond motifs is 1. The van der Waals surface area contributed by atoms with Crippen molar-refractivity contribution >= 4 is 22.3 Å². The van der Waals surface area contributed by atoms with Gasteiger partial charge in [-0.1, -0.05) is 18.2 Å². The summed E-state index contributed by atoms with van der Waals surface area (Å²) in [5.41, 5.74) is 8.71. The molecule has 1 saturated carbocycles. The van der Waals surface area contributed by atoms with E-state index in [4.69, 9.17) is 5.73 Å². The molecule has 1 aromatic carbocycles. The Morgan fingerprint density at radius 3 is 2.87 bits per heavy atom.